The number of hydrogen-bond donors (Lipinski definition) is 0. The van der Waals surface area contributed by atoms with Crippen LogP contribution in [0.3, 0.4) is 0 Å². The molecule has 2 aromatic rings. The number of nitro groups is 1. The topological polar surface area (TPSA) is 87.3 Å². The van der Waals surface area contributed by atoms with Crippen molar-refractivity contribution in [3.05, 3.63) is 52.6 Å². The van der Waals surface area contributed by atoms with E-state index in [-0.39, 0.29) is 11.4 Å². The molecule has 0 aliphatic heterocycles. The van der Waals surface area contributed by atoms with Crippen LogP contribution in [0.1, 0.15) is 5.69 Å². The summed E-state index contributed by atoms with van der Waals surface area (Å²) in [5, 5.41) is 10.4. The number of carbonyl (C=O) groups is 1. The van der Waals surface area contributed by atoms with E-state index < -0.39 is 11.0 Å². The first-order chi connectivity index (χ1) is 8.56. The van der Waals surface area contributed by atoms with Crippen molar-refractivity contribution in [2.45, 2.75) is 6.92 Å². The Hall–Kier alpha value is -2.70. The number of imidazole rings is 1. The maximum Gasteiger partial charge on any atom is 0.424 e. The first-order valence-corrected chi connectivity index (χ1v) is 5.03. The number of ether oxygens (including phenoxy) is 1. The summed E-state index contributed by atoms with van der Waals surface area (Å²) in [5.74, 6) is 0.233. The van der Waals surface area contributed by atoms with Gasteiger partial charge in [-0.15, -0.1) is 0 Å². The first-order valence-electron chi connectivity index (χ1n) is 5.03. The van der Waals surface area contributed by atoms with Crippen LogP contribution < -0.4 is 4.74 Å². The van der Waals surface area contributed by atoms with E-state index in [2.05, 4.69) is 4.98 Å². The van der Waals surface area contributed by atoms with Crippen LogP contribution in [0.4, 0.5) is 10.5 Å². The largest absolute Gasteiger partial charge is 0.424 e. The van der Waals surface area contributed by atoms with Gasteiger partial charge < -0.3 is 4.74 Å². The molecule has 0 bridgehead atoms. The second-order valence-corrected chi connectivity index (χ2v) is 3.54. The van der Waals surface area contributed by atoms with Crippen molar-refractivity contribution < 1.29 is 14.5 Å². The number of benzene rings is 1. The molecule has 18 heavy (non-hydrogen) atoms. The van der Waals surface area contributed by atoms with Gasteiger partial charge in [0, 0.05) is 18.3 Å². The molecule has 0 saturated heterocycles. The lowest BCUT2D eigenvalue weighted by Crippen LogP contribution is -2.14. The highest BCUT2D eigenvalue weighted by Gasteiger charge is 2.09. The molecule has 0 saturated carbocycles. The molecule has 0 fully saturated rings. The fraction of sp³-hybridized carbons (Fsp3) is 0.0909. The maximum absolute atomic E-state index is 11.6. The van der Waals surface area contributed by atoms with Crippen molar-refractivity contribution in [3.8, 4) is 5.75 Å². The van der Waals surface area contributed by atoms with Gasteiger partial charge in [0.05, 0.1) is 10.6 Å². The van der Waals surface area contributed by atoms with E-state index in [1.165, 1.54) is 41.4 Å². The number of non-ortho nitro benzene ring substituents is 1. The van der Waals surface area contributed by atoms with Gasteiger partial charge in [0.2, 0.25) is 0 Å². The Morgan fingerprint density at radius 2 is 2.06 bits per heavy atom. The summed E-state index contributed by atoms with van der Waals surface area (Å²) in [4.78, 5) is 25.4. The maximum atomic E-state index is 11.6. The zero-order chi connectivity index (χ0) is 13.1. The molecular weight excluding hydrogens is 238 g/mol. The lowest BCUT2D eigenvalue weighted by atomic mass is 10.3. The molecule has 1 aromatic heterocycles. The molecule has 2 rings (SSSR count). The predicted molar refractivity (Wildman–Crippen MR) is 61.5 cm³/mol. The van der Waals surface area contributed by atoms with E-state index in [4.69, 9.17) is 4.74 Å². The molecule has 1 aromatic carbocycles. The standard InChI is InChI=1S/C11H9N3O4/c1-8-6-13(7-12-8)11(15)18-10-4-2-9(3-5-10)14(16)17/h2-7H,1H3. The van der Waals surface area contributed by atoms with E-state index in [0.29, 0.717) is 5.69 Å². The summed E-state index contributed by atoms with van der Waals surface area (Å²) in [6.07, 6.45) is 2.24. The number of aromatic nitrogens is 2. The molecule has 7 nitrogen and oxygen atoms in total. The van der Waals surface area contributed by atoms with Gasteiger partial charge in [-0.25, -0.2) is 14.3 Å². The van der Waals surface area contributed by atoms with E-state index in [1.807, 2.05) is 0 Å². The molecule has 0 spiro atoms. The number of nitro benzene ring substituents is 1. The lowest BCUT2D eigenvalue weighted by Gasteiger charge is -2.03. The Morgan fingerprint density at radius 3 is 2.56 bits per heavy atom. The minimum Gasteiger partial charge on any atom is -0.410 e. The summed E-state index contributed by atoms with van der Waals surface area (Å²) < 4.78 is 6.20. The molecular formula is C11H9N3O4. The minimum atomic E-state index is -0.621. The molecule has 0 unspecified atom stereocenters. The molecule has 0 atom stereocenters. The Kier molecular flexibility index (Phi) is 3.05. The van der Waals surface area contributed by atoms with Crippen molar-refractivity contribution in [3.63, 3.8) is 0 Å². The van der Waals surface area contributed by atoms with Crippen LogP contribution in [0.2, 0.25) is 0 Å². The SMILES string of the molecule is Cc1cn(C(=O)Oc2ccc([N+](=O)[O-])cc2)cn1. The number of carbonyl (C=O) groups excluding carboxylic acids is 1. The van der Waals surface area contributed by atoms with Crippen molar-refractivity contribution in [2.24, 2.45) is 0 Å². The monoisotopic (exact) mass is 247 g/mol. The summed E-state index contributed by atoms with van der Waals surface area (Å²) in [7, 11) is 0. The Labute approximate surface area is 102 Å². The first kappa shape index (κ1) is 11.8. The second-order valence-electron chi connectivity index (χ2n) is 3.54. The van der Waals surface area contributed by atoms with E-state index in [9.17, 15) is 14.9 Å². The molecule has 92 valence electrons. The van der Waals surface area contributed by atoms with Crippen LogP contribution in [-0.4, -0.2) is 20.6 Å². The van der Waals surface area contributed by atoms with Gasteiger partial charge in [0.1, 0.15) is 12.1 Å². The molecule has 0 aliphatic rings. The smallest absolute Gasteiger partial charge is 0.410 e. The number of hydrogen-bond acceptors (Lipinski definition) is 5. The van der Waals surface area contributed by atoms with Crippen molar-refractivity contribution in [1.29, 1.82) is 0 Å². The molecule has 0 radical (unpaired) electrons. The zero-order valence-corrected chi connectivity index (χ0v) is 9.44. The highest BCUT2D eigenvalue weighted by molar-refractivity contribution is 5.73. The summed E-state index contributed by atoms with van der Waals surface area (Å²) in [6.45, 7) is 1.75. The third-order valence-electron chi connectivity index (χ3n) is 2.18. The van der Waals surface area contributed by atoms with Crippen LogP contribution >= 0.6 is 0 Å². The van der Waals surface area contributed by atoms with Gasteiger partial charge in [-0.2, -0.15) is 0 Å². The molecule has 0 aliphatic carbocycles. The van der Waals surface area contributed by atoms with E-state index in [0.717, 1.165) is 0 Å². The van der Waals surface area contributed by atoms with Crippen LogP contribution in [0.25, 0.3) is 0 Å². The summed E-state index contributed by atoms with van der Waals surface area (Å²) in [6, 6.07) is 5.25. The Bertz CT molecular complexity index is 589. The van der Waals surface area contributed by atoms with Crippen LogP contribution in [0, 0.1) is 17.0 Å². The highest BCUT2D eigenvalue weighted by Crippen LogP contribution is 2.17. The van der Waals surface area contributed by atoms with Gasteiger partial charge in [0.25, 0.3) is 5.69 Å². The van der Waals surface area contributed by atoms with Crippen LogP contribution in [0.15, 0.2) is 36.8 Å². The molecule has 0 amide bonds. The van der Waals surface area contributed by atoms with Crippen molar-refractivity contribution >= 4 is 11.8 Å². The molecule has 0 N–H and O–H groups in total. The average Bonchev–Trinajstić information content (AvgIpc) is 2.76. The van der Waals surface area contributed by atoms with Gasteiger partial charge in [-0.05, 0) is 19.1 Å². The van der Waals surface area contributed by atoms with Crippen LogP contribution in [-0.2, 0) is 0 Å². The quantitative estimate of drug-likeness (QED) is 0.599. The predicted octanol–water partition coefficient (Wildman–Crippen LogP) is 2.15. The molecule has 7 heteroatoms. The Morgan fingerprint density at radius 1 is 1.39 bits per heavy atom. The number of aryl methyl sites for hydroxylation is 1. The zero-order valence-electron chi connectivity index (χ0n) is 9.44. The second kappa shape index (κ2) is 4.66. The van der Waals surface area contributed by atoms with Gasteiger partial charge in [-0.3, -0.25) is 10.1 Å². The highest BCUT2D eigenvalue weighted by atomic mass is 16.6. The fourth-order valence-corrected chi connectivity index (χ4v) is 1.31. The Balaban J connectivity index is 2.10. The fourth-order valence-electron chi connectivity index (χ4n) is 1.31. The van der Waals surface area contributed by atoms with Gasteiger partial charge in [0.15, 0.2) is 0 Å². The normalized spacial score (nSPS) is 10.1. The molecule has 1 heterocycles. The van der Waals surface area contributed by atoms with E-state index >= 15 is 0 Å². The summed E-state index contributed by atoms with van der Waals surface area (Å²) >= 11 is 0. The number of nitrogens with zero attached hydrogens (tertiary/aromatic N) is 3. The van der Waals surface area contributed by atoms with Crippen molar-refractivity contribution in [1.82, 2.24) is 9.55 Å². The number of rotatable bonds is 2. The van der Waals surface area contributed by atoms with Gasteiger partial charge >= 0.3 is 6.09 Å². The van der Waals surface area contributed by atoms with E-state index in [1.54, 1.807) is 6.92 Å². The third-order valence-corrected chi connectivity index (χ3v) is 2.18. The lowest BCUT2D eigenvalue weighted by molar-refractivity contribution is -0.384. The summed E-state index contributed by atoms with van der Waals surface area (Å²) in [5.41, 5.74) is 0.629. The third kappa shape index (κ3) is 2.51. The van der Waals surface area contributed by atoms with Crippen molar-refractivity contribution in [2.75, 3.05) is 0 Å². The van der Waals surface area contributed by atoms with Gasteiger partial charge in [-0.1, -0.05) is 0 Å². The van der Waals surface area contributed by atoms with Crippen LogP contribution in [0.5, 0.6) is 5.75 Å². The minimum absolute atomic E-state index is 0.0618. The average molecular weight is 247 g/mol.